The van der Waals surface area contributed by atoms with E-state index in [-0.39, 0.29) is 11.2 Å². The van der Waals surface area contributed by atoms with Gasteiger partial charge in [-0.05, 0) is 17.9 Å². The highest BCUT2D eigenvalue weighted by atomic mass is 32.1. The summed E-state index contributed by atoms with van der Waals surface area (Å²) >= 11 is 4.26. The topological polar surface area (TPSA) is 26.3 Å². The van der Waals surface area contributed by atoms with Crippen LogP contribution in [-0.4, -0.2) is 17.8 Å². The van der Waals surface area contributed by atoms with Crippen molar-refractivity contribution in [1.29, 1.82) is 0 Å². The number of ether oxygens (including phenoxy) is 1. The van der Waals surface area contributed by atoms with Gasteiger partial charge in [-0.2, -0.15) is 12.6 Å². The second-order valence-electron chi connectivity index (χ2n) is 4.23. The molecule has 3 heteroatoms. The molecule has 0 spiro atoms. The Morgan fingerprint density at radius 3 is 2.50 bits per heavy atom. The molecule has 0 bridgehead atoms. The monoisotopic (exact) mass is 238 g/mol. The average Bonchev–Trinajstić information content (AvgIpc) is 2.27. The second kappa shape index (κ2) is 6.59. The van der Waals surface area contributed by atoms with Crippen LogP contribution in [0, 0.1) is 5.92 Å². The van der Waals surface area contributed by atoms with Gasteiger partial charge < -0.3 is 4.74 Å². The number of thiol groups is 1. The predicted octanol–water partition coefficient (Wildman–Crippen LogP) is 2.73. The van der Waals surface area contributed by atoms with Gasteiger partial charge in [-0.15, -0.1) is 0 Å². The molecule has 0 heterocycles. The van der Waals surface area contributed by atoms with E-state index < -0.39 is 0 Å². The minimum Gasteiger partial charge on any atom is -0.465 e. The Morgan fingerprint density at radius 2 is 1.94 bits per heavy atom. The molecule has 0 saturated heterocycles. The van der Waals surface area contributed by atoms with Gasteiger partial charge in [-0.1, -0.05) is 44.2 Å². The van der Waals surface area contributed by atoms with Crippen molar-refractivity contribution in [2.45, 2.75) is 25.5 Å². The van der Waals surface area contributed by atoms with Crippen molar-refractivity contribution in [3.05, 3.63) is 35.9 Å². The minimum absolute atomic E-state index is 0.235. The first-order valence-corrected chi connectivity index (χ1v) is 6.00. The van der Waals surface area contributed by atoms with E-state index in [1.165, 1.54) is 0 Å². The first kappa shape index (κ1) is 13.1. The maximum Gasteiger partial charge on any atom is 0.319 e. The lowest BCUT2D eigenvalue weighted by Crippen LogP contribution is -2.22. The lowest BCUT2D eigenvalue weighted by Gasteiger charge is -2.12. The van der Waals surface area contributed by atoms with Gasteiger partial charge in [-0.3, -0.25) is 4.79 Å². The summed E-state index contributed by atoms with van der Waals surface area (Å²) in [7, 11) is 0. The molecule has 0 radical (unpaired) electrons. The fraction of sp³-hybridized carbons (Fsp3) is 0.462. The standard InChI is InChI=1S/C13H18O2S/c1-10(2)9-15-13(14)12(16)8-11-6-4-3-5-7-11/h3-7,10,12,16H,8-9H2,1-2H3. The molecule has 1 aromatic carbocycles. The average molecular weight is 238 g/mol. The number of hydrogen-bond acceptors (Lipinski definition) is 3. The number of carbonyl (C=O) groups is 1. The SMILES string of the molecule is CC(C)COC(=O)C(S)Cc1ccccc1. The quantitative estimate of drug-likeness (QED) is 0.630. The lowest BCUT2D eigenvalue weighted by molar-refractivity contribution is -0.143. The summed E-state index contributed by atoms with van der Waals surface area (Å²) in [5, 5.41) is -0.374. The maximum absolute atomic E-state index is 11.6. The predicted molar refractivity (Wildman–Crippen MR) is 68.7 cm³/mol. The van der Waals surface area contributed by atoms with Gasteiger partial charge in [0.05, 0.1) is 6.61 Å². The van der Waals surface area contributed by atoms with Crippen LogP contribution < -0.4 is 0 Å². The molecule has 0 fully saturated rings. The molecule has 0 aliphatic heterocycles. The zero-order valence-electron chi connectivity index (χ0n) is 9.72. The molecule has 1 aromatic rings. The van der Waals surface area contributed by atoms with Crippen LogP contribution in [0.15, 0.2) is 30.3 Å². The molecule has 0 amide bonds. The summed E-state index contributed by atoms with van der Waals surface area (Å²) in [4.78, 5) is 11.6. The molecule has 0 aliphatic carbocycles. The van der Waals surface area contributed by atoms with E-state index in [0.29, 0.717) is 18.9 Å². The number of rotatable bonds is 5. The van der Waals surface area contributed by atoms with Gasteiger partial charge in [0.15, 0.2) is 0 Å². The van der Waals surface area contributed by atoms with Crippen molar-refractivity contribution in [3.63, 3.8) is 0 Å². The Morgan fingerprint density at radius 1 is 1.31 bits per heavy atom. The molecule has 0 aromatic heterocycles. The van der Waals surface area contributed by atoms with Crippen LogP contribution in [-0.2, 0) is 16.0 Å². The summed E-state index contributed by atoms with van der Waals surface area (Å²) in [6.07, 6.45) is 0.612. The Balaban J connectivity index is 2.40. The molecule has 0 saturated carbocycles. The van der Waals surface area contributed by atoms with Crippen LogP contribution in [0.4, 0.5) is 0 Å². The zero-order chi connectivity index (χ0) is 12.0. The van der Waals surface area contributed by atoms with Crippen LogP contribution in [0.2, 0.25) is 0 Å². The Labute approximate surface area is 102 Å². The number of hydrogen-bond donors (Lipinski definition) is 1. The van der Waals surface area contributed by atoms with Crippen molar-refractivity contribution < 1.29 is 9.53 Å². The highest BCUT2D eigenvalue weighted by molar-refractivity contribution is 7.81. The summed E-state index contributed by atoms with van der Waals surface area (Å²) in [5.41, 5.74) is 1.10. The third-order valence-electron chi connectivity index (χ3n) is 2.10. The highest BCUT2D eigenvalue weighted by Crippen LogP contribution is 2.09. The van der Waals surface area contributed by atoms with E-state index >= 15 is 0 Å². The Hall–Kier alpha value is -0.960. The van der Waals surface area contributed by atoms with E-state index in [4.69, 9.17) is 4.74 Å². The van der Waals surface area contributed by atoms with Crippen LogP contribution >= 0.6 is 12.6 Å². The Kier molecular flexibility index (Phi) is 5.39. The first-order chi connectivity index (χ1) is 7.59. The lowest BCUT2D eigenvalue weighted by atomic mass is 10.1. The van der Waals surface area contributed by atoms with E-state index in [1.807, 2.05) is 44.2 Å². The summed E-state index contributed by atoms with van der Waals surface area (Å²) in [6.45, 7) is 4.49. The van der Waals surface area contributed by atoms with Gasteiger partial charge in [0.1, 0.15) is 5.25 Å². The molecule has 1 rings (SSSR count). The third kappa shape index (κ3) is 4.71. The van der Waals surface area contributed by atoms with Crippen LogP contribution in [0.1, 0.15) is 19.4 Å². The van der Waals surface area contributed by atoms with Gasteiger partial charge in [0.2, 0.25) is 0 Å². The van der Waals surface area contributed by atoms with Crippen molar-refractivity contribution in [2.24, 2.45) is 5.92 Å². The summed E-state index contributed by atoms with van der Waals surface area (Å²) in [6, 6.07) is 9.83. The van der Waals surface area contributed by atoms with E-state index in [0.717, 1.165) is 5.56 Å². The van der Waals surface area contributed by atoms with E-state index in [9.17, 15) is 4.79 Å². The molecule has 16 heavy (non-hydrogen) atoms. The molecule has 88 valence electrons. The smallest absolute Gasteiger partial charge is 0.319 e. The van der Waals surface area contributed by atoms with Crippen molar-refractivity contribution in [2.75, 3.05) is 6.61 Å². The number of esters is 1. The molecular weight excluding hydrogens is 220 g/mol. The van der Waals surface area contributed by atoms with Gasteiger partial charge in [-0.25, -0.2) is 0 Å². The molecule has 2 nitrogen and oxygen atoms in total. The molecule has 0 N–H and O–H groups in total. The molecule has 1 atom stereocenters. The zero-order valence-corrected chi connectivity index (χ0v) is 10.6. The Bertz CT molecular complexity index is 322. The molecule has 1 unspecified atom stereocenters. The molecule has 0 aliphatic rings. The largest absolute Gasteiger partial charge is 0.465 e. The van der Waals surface area contributed by atoms with E-state index in [1.54, 1.807) is 0 Å². The van der Waals surface area contributed by atoms with Gasteiger partial charge in [0.25, 0.3) is 0 Å². The number of carbonyl (C=O) groups excluding carboxylic acids is 1. The van der Waals surface area contributed by atoms with Crippen molar-refractivity contribution in [1.82, 2.24) is 0 Å². The third-order valence-corrected chi connectivity index (χ3v) is 2.50. The van der Waals surface area contributed by atoms with Crippen LogP contribution in [0.3, 0.4) is 0 Å². The first-order valence-electron chi connectivity index (χ1n) is 5.48. The fourth-order valence-corrected chi connectivity index (χ4v) is 1.55. The van der Waals surface area contributed by atoms with E-state index in [2.05, 4.69) is 12.6 Å². The van der Waals surface area contributed by atoms with Crippen molar-refractivity contribution >= 4 is 18.6 Å². The second-order valence-corrected chi connectivity index (χ2v) is 4.85. The van der Waals surface area contributed by atoms with Gasteiger partial charge >= 0.3 is 5.97 Å². The summed E-state index contributed by atoms with van der Waals surface area (Å²) in [5.74, 6) is 0.127. The normalized spacial score (nSPS) is 12.5. The summed E-state index contributed by atoms with van der Waals surface area (Å²) < 4.78 is 5.12. The van der Waals surface area contributed by atoms with Crippen LogP contribution in [0.25, 0.3) is 0 Å². The number of benzene rings is 1. The maximum atomic E-state index is 11.6. The minimum atomic E-state index is -0.374. The van der Waals surface area contributed by atoms with Crippen LogP contribution in [0.5, 0.6) is 0 Å². The molecular formula is C13H18O2S. The van der Waals surface area contributed by atoms with Gasteiger partial charge in [0, 0.05) is 0 Å². The fourth-order valence-electron chi connectivity index (χ4n) is 1.27. The van der Waals surface area contributed by atoms with Crippen molar-refractivity contribution in [3.8, 4) is 0 Å². The highest BCUT2D eigenvalue weighted by Gasteiger charge is 2.16.